The third-order valence-corrected chi connectivity index (χ3v) is 6.32. The van der Waals surface area contributed by atoms with Crippen molar-refractivity contribution in [2.45, 2.75) is 37.6 Å². The summed E-state index contributed by atoms with van der Waals surface area (Å²) in [6.07, 6.45) is 1.13. The molecule has 0 amide bonds. The number of carbonyl (C=O) groups excluding carboxylic acids is 1. The number of hydrogen-bond donors (Lipinski definition) is 0. The van der Waals surface area contributed by atoms with Crippen molar-refractivity contribution in [3.63, 3.8) is 0 Å². The predicted molar refractivity (Wildman–Crippen MR) is 90.3 cm³/mol. The molecule has 128 valence electrons. The molecule has 1 aromatic carbocycles. The van der Waals surface area contributed by atoms with Crippen molar-refractivity contribution >= 4 is 15.8 Å². The summed E-state index contributed by atoms with van der Waals surface area (Å²) in [5.41, 5.74) is 0.492. The summed E-state index contributed by atoms with van der Waals surface area (Å²) in [4.78, 5) is 11.5. The Kier molecular flexibility index (Phi) is 4.36. The SMILES string of the molecule is CC(=O)c1ccc(S(=O)(=O)N(C)Cc2ccc([C@@H]3C[C@@H]3C)o2)cc1. The average Bonchev–Trinajstić information content (AvgIpc) is 3.09. The van der Waals surface area contributed by atoms with Crippen LogP contribution in [0.2, 0.25) is 0 Å². The number of nitrogens with zero attached hydrogens (tertiary/aromatic N) is 1. The van der Waals surface area contributed by atoms with Gasteiger partial charge in [-0.25, -0.2) is 8.42 Å². The van der Waals surface area contributed by atoms with Crippen molar-refractivity contribution in [2.75, 3.05) is 7.05 Å². The van der Waals surface area contributed by atoms with E-state index in [0.29, 0.717) is 23.2 Å². The highest BCUT2D eigenvalue weighted by molar-refractivity contribution is 7.89. The average molecular weight is 347 g/mol. The minimum absolute atomic E-state index is 0.0929. The third kappa shape index (κ3) is 3.30. The van der Waals surface area contributed by atoms with Crippen molar-refractivity contribution in [3.05, 3.63) is 53.5 Å². The van der Waals surface area contributed by atoms with Crippen LogP contribution in [0.4, 0.5) is 0 Å². The van der Waals surface area contributed by atoms with Gasteiger partial charge in [-0.1, -0.05) is 19.1 Å². The maximum atomic E-state index is 12.6. The molecule has 1 aliphatic rings. The first-order valence-electron chi connectivity index (χ1n) is 7.95. The lowest BCUT2D eigenvalue weighted by atomic mass is 10.2. The zero-order valence-electron chi connectivity index (χ0n) is 14.0. The fourth-order valence-corrected chi connectivity index (χ4v) is 3.88. The van der Waals surface area contributed by atoms with Gasteiger partial charge in [-0.2, -0.15) is 4.31 Å². The molecule has 1 aromatic heterocycles. The van der Waals surface area contributed by atoms with Crippen LogP contribution in [0.5, 0.6) is 0 Å². The van der Waals surface area contributed by atoms with E-state index < -0.39 is 10.0 Å². The van der Waals surface area contributed by atoms with Gasteiger partial charge in [-0.15, -0.1) is 0 Å². The van der Waals surface area contributed by atoms with Gasteiger partial charge in [0.2, 0.25) is 10.0 Å². The van der Waals surface area contributed by atoms with Gasteiger partial charge in [0.05, 0.1) is 11.4 Å². The molecule has 24 heavy (non-hydrogen) atoms. The van der Waals surface area contributed by atoms with E-state index >= 15 is 0 Å². The van der Waals surface area contributed by atoms with Crippen molar-refractivity contribution in [2.24, 2.45) is 5.92 Å². The lowest BCUT2D eigenvalue weighted by Gasteiger charge is -2.16. The monoisotopic (exact) mass is 347 g/mol. The van der Waals surface area contributed by atoms with Gasteiger partial charge in [0.15, 0.2) is 5.78 Å². The van der Waals surface area contributed by atoms with E-state index in [1.54, 1.807) is 0 Å². The largest absolute Gasteiger partial charge is 0.464 e. The maximum absolute atomic E-state index is 12.6. The number of benzene rings is 1. The molecule has 1 heterocycles. The van der Waals surface area contributed by atoms with Crippen LogP contribution in [0.1, 0.15) is 48.1 Å². The number of furan rings is 1. The summed E-state index contributed by atoms with van der Waals surface area (Å²) < 4.78 is 32.3. The molecule has 1 saturated carbocycles. The van der Waals surface area contributed by atoms with Gasteiger partial charge >= 0.3 is 0 Å². The summed E-state index contributed by atoms with van der Waals surface area (Å²) in [5, 5.41) is 0. The van der Waals surface area contributed by atoms with Crippen molar-refractivity contribution in [3.8, 4) is 0 Å². The molecule has 0 spiro atoms. The van der Waals surface area contributed by atoms with E-state index in [2.05, 4.69) is 6.92 Å². The second kappa shape index (κ2) is 6.18. The molecule has 0 radical (unpaired) electrons. The quantitative estimate of drug-likeness (QED) is 0.751. The molecule has 0 bridgehead atoms. The Morgan fingerprint density at radius 1 is 1.21 bits per heavy atom. The van der Waals surface area contributed by atoms with Gasteiger partial charge in [0.1, 0.15) is 11.5 Å². The summed E-state index contributed by atoms with van der Waals surface area (Å²) in [6.45, 7) is 3.80. The molecule has 0 saturated heterocycles. The van der Waals surface area contributed by atoms with Gasteiger partial charge in [-0.05, 0) is 43.5 Å². The first-order chi connectivity index (χ1) is 11.3. The minimum atomic E-state index is -3.62. The Labute approximate surface area is 142 Å². The van der Waals surface area contributed by atoms with Crippen molar-refractivity contribution in [1.29, 1.82) is 0 Å². The lowest BCUT2D eigenvalue weighted by Crippen LogP contribution is -2.26. The Balaban J connectivity index is 1.74. The van der Waals surface area contributed by atoms with E-state index in [1.165, 1.54) is 42.5 Å². The minimum Gasteiger partial charge on any atom is -0.464 e. The van der Waals surface area contributed by atoms with E-state index in [4.69, 9.17) is 4.42 Å². The summed E-state index contributed by atoms with van der Waals surface area (Å²) in [5.74, 6) is 2.60. The molecule has 6 heteroatoms. The molecule has 2 atom stereocenters. The number of sulfonamides is 1. The fourth-order valence-electron chi connectivity index (χ4n) is 2.74. The molecule has 0 aliphatic heterocycles. The standard InChI is InChI=1S/C18H21NO4S/c1-12-10-17(12)18-9-6-15(23-18)11-19(3)24(21,22)16-7-4-14(5-8-16)13(2)20/h4-9,12,17H,10-11H2,1-3H3/t12-,17+/m0/s1. The number of carbonyl (C=O) groups is 1. The lowest BCUT2D eigenvalue weighted by molar-refractivity contribution is 0.101. The van der Waals surface area contributed by atoms with E-state index in [-0.39, 0.29) is 17.2 Å². The van der Waals surface area contributed by atoms with Gasteiger partial charge in [-0.3, -0.25) is 4.79 Å². The van der Waals surface area contributed by atoms with Crippen LogP contribution in [0.25, 0.3) is 0 Å². The van der Waals surface area contributed by atoms with Crippen LogP contribution in [0.15, 0.2) is 45.7 Å². The Hall–Kier alpha value is -1.92. The molecule has 1 fully saturated rings. The topological polar surface area (TPSA) is 67.6 Å². The Bertz CT molecular complexity index is 851. The van der Waals surface area contributed by atoms with Crippen LogP contribution < -0.4 is 0 Å². The number of rotatable bonds is 6. The second-order valence-electron chi connectivity index (χ2n) is 6.47. The highest BCUT2D eigenvalue weighted by Crippen LogP contribution is 2.47. The first kappa shape index (κ1) is 16.9. The number of hydrogen-bond acceptors (Lipinski definition) is 4. The molecule has 0 N–H and O–H groups in total. The summed E-state index contributed by atoms with van der Waals surface area (Å²) in [6, 6.07) is 9.76. The van der Waals surface area contributed by atoms with E-state index in [0.717, 1.165) is 12.2 Å². The van der Waals surface area contributed by atoms with Crippen LogP contribution in [0.3, 0.4) is 0 Å². The highest BCUT2D eigenvalue weighted by atomic mass is 32.2. The van der Waals surface area contributed by atoms with Gasteiger partial charge in [0, 0.05) is 18.5 Å². The Morgan fingerprint density at radius 2 is 1.83 bits per heavy atom. The second-order valence-corrected chi connectivity index (χ2v) is 8.51. The smallest absolute Gasteiger partial charge is 0.243 e. The predicted octanol–water partition coefficient (Wildman–Crippen LogP) is 3.43. The van der Waals surface area contributed by atoms with Crippen LogP contribution in [0, 0.1) is 5.92 Å². The summed E-state index contributed by atoms with van der Waals surface area (Å²) in [7, 11) is -2.10. The number of Topliss-reactive ketones (excluding diaryl/α,β-unsaturated/α-hetero) is 1. The summed E-state index contributed by atoms with van der Waals surface area (Å²) >= 11 is 0. The van der Waals surface area contributed by atoms with Crippen molar-refractivity contribution in [1.82, 2.24) is 4.31 Å². The molecule has 1 aliphatic carbocycles. The normalized spacial score (nSPS) is 20.3. The number of ketones is 1. The van der Waals surface area contributed by atoms with E-state index in [1.807, 2.05) is 12.1 Å². The zero-order chi connectivity index (χ0) is 17.5. The highest BCUT2D eigenvalue weighted by Gasteiger charge is 2.36. The molecule has 5 nitrogen and oxygen atoms in total. The van der Waals surface area contributed by atoms with Crippen LogP contribution in [-0.4, -0.2) is 25.6 Å². The van der Waals surface area contributed by atoms with Crippen LogP contribution >= 0.6 is 0 Å². The molecule has 0 unspecified atom stereocenters. The zero-order valence-corrected chi connectivity index (χ0v) is 14.8. The van der Waals surface area contributed by atoms with Crippen molar-refractivity contribution < 1.29 is 17.6 Å². The fraction of sp³-hybridized carbons (Fsp3) is 0.389. The first-order valence-corrected chi connectivity index (χ1v) is 9.39. The van der Waals surface area contributed by atoms with Gasteiger partial charge in [0.25, 0.3) is 0 Å². The molecule has 2 aromatic rings. The van der Waals surface area contributed by atoms with Gasteiger partial charge < -0.3 is 4.42 Å². The van der Waals surface area contributed by atoms with Crippen LogP contribution in [-0.2, 0) is 16.6 Å². The molecule has 3 rings (SSSR count). The third-order valence-electron chi connectivity index (χ3n) is 4.50. The molecular formula is C18H21NO4S. The van der Waals surface area contributed by atoms with E-state index in [9.17, 15) is 13.2 Å². The Morgan fingerprint density at radius 3 is 2.38 bits per heavy atom. The maximum Gasteiger partial charge on any atom is 0.243 e. The molecular weight excluding hydrogens is 326 g/mol.